The molecule has 1 aliphatic heterocycles. The van der Waals surface area contributed by atoms with Gasteiger partial charge in [0.15, 0.2) is 6.29 Å². The first-order valence-electron chi connectivity index (χ1n) is 5.81. The number of nitrogens with zero attached hydrogens (tertiary/aromatic N) is 1. The Morgan fingerprint density at radius 2 is 2.00 bits per heavy atom. The Morgan fingerprint density at radius 3 is 2.59 bits per heavy atom. The lowest BCUT2D eigenvalue weighted by molar-refractivity contribution is -0.0432. The molecule has 2 heterocycles. The van der Waals surface area contributed by atoms with Crippen LogP contribution in [0.25, 0.3) is 0 Å². The highest BCUT2D eigenvalue weighted by molar-refractivity contribution is 7.12. The van der Waals surface area contributed by atoms with Gasteiger partial charge in [-0.1, -0.05) is 0 Å². The van der Waals surface area contributed by atoms with Crippen LogP contribution in [0.4, 0.5) is 5.69 Å². The highest BCUT2D eigenvalue weighted by Crippen LogP contribution is 2.48. The molecule has 1 aliphatic carbocycles. The third-order valence-corrected chi connectivity index (χ3v) is 4.96. The number of carbonyl (C=O) groups is 1. The van der Waals surface area contributed by atoms with E-state index in [1.807, 2.05) is 11.4 Å². The first-order valence-corrected chi connectivity index (χ1v) is 6.69. The highest BCUT2D eigenvalue weighted by atomic mass is 32.1. The molecule has 1 aromatic rings. The summed E-state index contributed by atoms with van der Waals surface area (Å²) in [6.45, 7) is 1.29. The minimum Gasteiger partial charge on any atom is -0.392 e. The zero-order chi connectivity index (χ0) is 12.0. The number of aliphatic hydroxyl groups is 2. The van der Waals surface area contributed by atoms with Crippen molar-refractivity contribution in [2.24, 2.45) is 5.41 Å². The minimum absolute atomic E-state index is 0.359. The van der Waals surface area contributed by atoms with Gasteiger partial charge in [-0.2, -0.15) is 0 Å². The quantitative estimate of drug-likeness (QED) is 0.768. The fraction of sp³-hybridized carbons (Fsp3) is 0.583. The summed E-state index contributed by atoms with van der Waals surface area (Å²) in [4.78, 5) is 13.7. The third kappa shape index (κ3) is 1.46. The number of hydrogen-bond donors (Lipinski definition) is 2. The van der Waals surface area contributed by atoms with Crippen LogP contribution in [-0.4, -0.2) is 41.8 Å². The first-order chi connectivity index (χ1) is 8.17. The zero-order valence-corrected chi connectivity index (χ0v) is 10.2. The summed E-state index contributed by atoms with van der Waals surface area (Å²) in [5.74, 6) is 0. The SMILES string of the molecule is O=Cc1sccc1N1CC2(C1)C(O)CCC2O. The van der Waals surface area contributed by atoms with E-state index >= 15 is 0 Å². The van der Waals surface area contributed by atoms with Crippen molar-refractivity contribution >= 4 is 23.3 Å². The average Bonchev–Trinajstić information content (AvgIpc) is 2.82. The van der Waals surface area contributed by atoms with Gasteiger partial charge in [-0.25, -0.2) is 0 Å². The van der Waals surface area contributed by atoms with Crippen LogP contribution in [-0.2, 0) is 0 Å². The molecule has 0 aromatic carbocycles. The van der Waals surface area contributed by atoms with Gasteiger partial charge in [-0.15, -0.1) is 11.3 Å². The van der Waals surface area contributed by atoms with Gasteiger partial charge in [0, 0.05) is 13.1 Å². The van der Waals surface area contributed by atoms with Crippen LogP contribution in [0, 0.1) is 5.41 Å². The van der Waals surface area contributed by atoms with E-state index in [-0.39, 0.29) is 5.41 Å². The monoisotopic (exact) mass is 253 g/mol. The number of carbonyl (C=O) groups excluding carboxylic acids is 1. The first kappa shape index (κ1) is 11.2. The van der Waals surface area contributed by atoms with Gasteiger partial charge in [-0.05, 0) is 24.3 Å². The maximum atomic E-state index is 10.9. The van der Waals surface area contributed by atoms with E-state index in [0.29, 0.717) is 25.9 Å². The van der Waals surface area contributed by atoms with Crippen LogP contribution in [0.5, 0.6) is 0 Å². The summed E-state index contributed by atoms with van der Waals surface area (Å²) in [6.07, 6.45) is 1.41. The van der Waals surface area contributed by atoms with Crippen molar-refractivity contribution in [1.29, 1.82) is 0 Å². The number of aliphatic hydroxyl groups excluding tert-OH is 2. The molecule has 1 aromatic heterocycles. The van der Waals surface area contributed by atoms with Crippen LogP contribution in [0.15, 0.2) is 11.4 Å². The Morgan fingerprint density at radius 1 is 1.35 bits per heavy atom. The van der Waals surface area contributed by atoms with Gasteiger partial charge >= 0.3 is 0 Å². The van der Waals surface area contributed by atoms with Gasteiger partial charge in [-0.3, -0.25) is 4.79 Å². The Bertz CT molecular complexity index is 427. The van der Waals surface area contributed by atoms with Crippen molar-refractivity contribution in [3.05, 3.63) is 16.3 Å². The second-order valence-corrected chi connectivity index (χ2v) is 5.93. The Labute approximate surface area is 103 Å². The molecule has 2 aliphatic rings. The fourth-order valence-corrected chi connectivity index (χ4v) is 3.75. The standard InChI is InChI=1S/C12H15NO3S/c14-5-9-8(3-4-17-9)13-6-12(7-13)10(15)1-2-11(12)16/h3-5,10-11,15-16H,1-2,6-7H2. The van der Waals surface area contributed by atoms with Crippen LogP contribution in [0.1, 0.15) is 22.5 Å². The van der Waals surface area contributed by atoms with Gasteiger partial charge in [0.2, 0.25) is 0 Å². The van der Waals surface area contributed by atoms with Crippen LogP contribution in [0.3, 0.4) is 0 Å². The molecule has 2 fully saturated rings. The van der Waals surface area contributed by atoms with Crippen LogP contribution in [0.2, 0.25) is 0 Å². The second-order valence-electron chi connectivity index (χ2n) is 4.99. The maximum Gasteiger partial charge on any atom is 0.162 e. The minimum atomic E-state index is -0.410. The van der Waals surface area contributed by atoms with Crippen LogP contribution >= 0.6 is 11.3 Å². The van der Waals surface area contributed by atoms with E-state index in [4.69, 9.17) is 0 Å². The van der Waals surface area contributed by atoms with E-state index in [1.165, 1.54) is 11.3 Å². The van der Waals surface area contributed by atoms with E-state index in [2.05, 4.69) is 4.90 Å². The summed E-state index contributed by atoms with van der Waals surface area (Å²) in [5.41, 5.74) is 0.573. The molecule has 0 bridgehead atoms. The van der Waals surface area contributed by atoms with Crippen molar-refractivity contribution in [2.45, 2.75) is 25.0 Å². The predicted octanol–water partition coefficient (Wildman–Crippen LogP) is 0.883. The molecule has 2 atom stereocenters. The van der Waals surface area contributed by atoms with Crippen molar-refractivity contribution in [3.8, 4) is 0 Å². The van der Waals surface area contributed by atoms with Gasteiger partial charge in [0.25, 0.3) is 0 Å². The van der Waals surface area contributed by atoms with E-state index in [0.717, 1.165) is 16.9 Å². The molecule has 1 spiro atoms. The largest absolute Gasteiger partial charge is 0.392 e. The van der Waals surface area contributed by atoms with Crippen molar-refractivity contribution in [1.82, 2.24) is 0 Å². The summed E-state index contributed by atoms with van der Waals surface area (Å²) in [5, 5.41) is 21.8. The summed E-state index contributed by atoms with van der Waals surface area (Å²) in [7, 11) is 0. The average molecular weight is 253 g/mol. The Hall–Kier alpha value is -0.910. The number of thiophene rings is 1. The topological polar surface area (TPSA) is 60.8 Å². The van der Waals surface area contributed by atoms with Gasteiger partial charge in [0.05, 0.1) is 28.2 Å². The summed E-state index contributed by atoms with van der Waals surface area (Å²) >= 11 is 1.42. The Balaban J connectivity index is 1.78. The lowest BCUT2D eigenvalue weighted by Crippen LogP contribution is -2.64. The Kier molecular flexibility index (Phi) is 2.50. The van der Waals surface area contributed by atoms with Crippen molar-refractivity contribution in [3.63, 3.8) is 0 Å². The molecular formula is C12H15NO3S. The number of aldehydes is 1. The molecule has 2 N–H and O–H groups in total. The molecule has 1 saturated carbocycles. The van der Waals surface area contributed by atoms with Crippen molar-refractivity contribution in [2.75, 3.05) is 18.0 Å². The molecule has 1 saturated heterocycles. The molecular weight excluding hydrogens is 238 g/mol. The fourth-order valence-electron chi connectivity index (χ4n) is 3.03. The van der Waals surface area contributed by atoms with E-state index in [1.54, 1.807) is 0 Å². The number of rotatable bonds is 2. The number of hydrogen-bond acceptors (Lipinski definition) is 5. The second kappa shape index (κ2) is 3.80. The molecule has 92 valence electrons. The maximum absolute atomic E-state index is 10.9. The molecule has 3 rings (SSSR count). The molecule has 0 radical (unpaired) electrons. The summed E-state index contributed by atoms with van der Waals surface area (Å²) in [6, 6.07) is 1.93. The lowest BCUT2D eigenvalue weighted by atomic mass is 9.74. The van der Waals surface area contributed by atoms with Crippen LogP contribution < -0.4 is 4.90 Å². The molecule has 2 unspecified atom stereocenters. The smallest absolute Gasteiger partial charge is 0.162 e. The summed E-state index contributed by atoms with van der Waals surface area (Å²) < 4.78 is 0. The van der Waals surface area contributed by atoms with Crippen molar-refractivity contribution < 1.29 is 15.0 Å². The molecule has 4 nitrogen and oxygen atoms in total. The molecule has 17 heavy (non-hydrogen) atoms. The molecule has 0 amide bonds. The highest BCUT2D eigenvalue weighted by Gasteiger charge is 2.57. The van der Waals surface area contributed by atoms with E-state index in [9.17, 15) is 15.0 Å². The number of anilines is 1. The normalized spacial score (nSPS) is 30.6. The third-order valence-electron chi connectivity index (χ3n) is 4.13. The lowest BCUT2D eigenvalue weighted by Gasteiger charge is -2.52. The molecule has 5 heteroatoms. The predicted molar refractivity (Wildman–Crippen MR) is 65.6 cm³/mol. The van der Waals surface area contributed by atoms with Gasteiger partial charge < -0.3 is 15.1 Å². The van der Waals surface area contributed by atoms with E-state index < -0.39 is 12.2 Å². The van der Waals surface area contributed by atoms with Gasteiger partial charge in [0.1, 0.15) is 0 Å². The zero-order valence-electron chi connectivity index (χ0n) is 9.37.